The highest BCUT2D eigenvalue weighted by molar-refractivity contribution is 5.39. The van der Waals surface area contributed by atoms with Crippen LogP contribution in [-0.2, 0) is 19.3 Å². The number of hydrogen-bond acceptors (Lipinski definition) is 2. The van der Waals surface area contributed by atoms with Gasteiger partial charge in [-0.25, -0.2) is 0 Å². The van der Waals surface area contributed by atoms with Crippen molar-refractivity contribution in [3.8, 4) is 0 Å². The second-order valence-electron chi connectivity index (χ2n) is 4.14. The average molecular weight is 269 g/mol. The first-order valence-corrected chi connectivity index (χ1v) is 5.91. The van der Waals surface area contributed by atoms with Crippen molar-refractivity contribution in [3.05, 3.63) is 47.8 Å². The monoisotopic (exact) mass is 269 g/mol. The van der Waals surface area contributed by atoms with E-state index in [4.69, 9.17) is 0 Å². The third-order valence-corrected chi connectivity index (χ3v) is 2.71. The van der Waals surface area contributed by atoms with Crippen LogP contribution in [0.15, 0.2) is 36.7 Å². The van der Waals surface area contributed by atoms with Crippen LogP contribution in [-0.4, -0.2) is 9.78 Å². The van der Waals surface area contributed by atoms with Gasteiger partial charge in [0.25, 0.3) is 0 Å². The highest BCUT2D eigenvalue weighted by atomic mass is 19.4. The predicted octanol–water partition coefficient (Wildman–Crippen LogP) is 3.53. The van der Waals surface area contributed by atoms with Gasteiger partial charge in [-0.15, -0.1) is 0 Å². The van der Waals surface area contributed by atoms with E-state index in [2.05, 4.69) is 10.4 Å². The summed E-state index contributed by atoms with van der Waals surface area (Å²) in [6.07, 6.45) is -0.839. The van der Waals surface area contributed by atoms with Crippen LogP contribution in [0, 0.1) is 0 Å². The van der Waals surface area contributed by atoms with Gasteiger partial charge in [-0.2, -0.15) is 18.3 Å². The maximum Gasteiger partial charge on any atom is 0.416 e. The van der Waals surface area contributed by atoms with Gasteiger partial charge in [0.1, 0.15) is 0 Å². The maximum atomic E-state index is 12.5. The fourth-order valence-electron chi connectivity index (χ4n) is 1.69. The van der Waals surface area contributed by atoms with Crippen molar-refractivity contribution in [3.63, 3.8) is 0 Å². The second kappa shape index (κ2) is 5.34. The van der Waals surface area contributed by atoms with Crippen LogP contribution in [0.1, 0.15) is 18.1 Å². The summed E-state index contributed by atoms with van der Waals surface area (Å²) in [6.45, 7) is 3.05. The van der Waals surface area contributed by atoms with Crippen molar-refractivity contribution in [2.75, 3.05) is 5.32 Å². The molecule has 1 N–H and O–H groups in total. The minimum Gasteiger partial charge on any atom is -0.378 e. The molecule has 3 nitrogen and oxygen atoms in total. The van der Waals surface area contributed by atoms with E-state index in [1.807, 2.05) is 13.1 Å². The van der Waals surface area contributed by atoms with Gasteiger partial charge in [0.2, 0.25) is 0 Å². The van der Waals surface area contributed by atoms with Crippen LogP contribution in [0.2, 0.25) is 0 Å². The molecule has 2 aromatic rings. The Morgan fingerprint density at radius 2 is 2.11 bits per heavy atom. The van der Waals surface area contributed by atoms with Crippen LogP contribution < -0.4 is 5.32 Å². The molecule has 102 valence electrons. The molecule has 0 atom stereocenters. The number of nitrogens with zero attached hydrogens (tertiary/aromatic N) is 2. The Morgan fingerprint density at radius 1 is 1.32 bits per heavy atom. The number of alkyl halides is 3. The van der Waals surface area contributed by atoms with Crippen molar-refractivity contribution in [2.45, 2.75) is 26.2 Å². The second-order valence-corrected chi connectivity index (χ2v) is 4.14. The number of nitrogens with one attached hydrogen (secondary N) is 1. The molecule has 1 aromatic heterocycles. The van der Waals surface area contributed by atoms with Crippen molar-refractivity contribution in [1.29, 1.82) is 0 Å². The Balaban J connectivity index is 2.03. The molecular formula is C13H14F3N3. The molecule has 0 spiro atoms. The summed E-state index contributed by atoms with van der Waals surface area (Å²) in [5.74, 6) is 0. The van der Waals surface area contributed by atoms with Crippen LogP contribution in [0.25, 0.3) is 0 Å². The third kappa shape index (κ3) is 3.49. The number of aromatic nitrogens is 2. The van der Waals surface area contributed by atoms with E-state index in [9.17, 15) is 13.2 Å². The fraction of sp³-hybridized carbons (Fsp3) is 0.308. The number of anilines is 1. The van der Waals surface area contributed by atoms with Gasteiger partial charge in [-0.1, -0.05) is 12.1 Å². The van der Waals surface area contributed by atoms with Gasteiger partial charge in [0, 0.05) is 19.3 Å². The zero-order valence-electron chi connectivity index (χ0n) is 10.4. The van der Waals surface area contributed by atoms with Gasteiger partial charge in [-0.05, 0) is 24.6 Å². The highest BCUT2D eigenvalue weighted by Gasteiger charge is 2.30. The van der Waals surface area contributed by atoms with E-state index in [-0.39, 0.29) is 0 Å². The molecule has 0 radical (unpaired) electrons. The number of benzene rings is 1. The molecule has 6 heteroatoms. The molecule has 1 aromatic carbocycles. The van der Waals surface area contributed by atoms with Gasteiger partial charge in [-0.3, -0.25) is 4.68 Å². The molecule has 0 aliphatic heterocycles. The molecule has 1 heterocycles. The quantitative estimate of drug-likeness (QED) is 0.920. The lowest BCUT2D eigenvalue weighted by Gasteiger charge is -2.09. The molecule has 0 aliphatic rings. The molecule has 0 unspecified atom stereocenters. The van der Waals surface area contributed by atoms with Crippen molar-refractivity contribution in [1.82, 2.24) is 9.78 Å². The summed E-state index contributed by atoms with van der Waals surface area (Å²) in [7, 11) is 0. The van der Waals surface area contributed by atoms with Gasteiger partial charge >= 0.3 is 6.18 Å². The number of halogens is 3. The van der Waals surface area contributed by atoms with E-state index in [1.165, 1.54) is 6.07 Å². The zero-order valence-corrected chi connectivity index (χ0v) is 10.4. The topological polar surface area (TPSA) is 29.9 Å². The van der Waals surface area contributed by atoms with Crippen LogP contribution in [0.3, 0.4) is 0 Å². The molecule has 0 saturated carbocycles. The van der Waals surface area contributed by atoms with Gasteiger partial charge in [0.05, 0.1) is 17.4 Å². The van der Waals surface area contributed by atoms with E-state index in [1.54, 1.807) is 16.9 Å². The number of aryl methyl sites for hydroxylation is 1. The first-order chi connectivity index (χ1) is 8.99. The van der Waals surface area contributed by atoms with Gasteiger partial charge < -0.3 is 5.32 Å². The number of hydrogen-bond donors (Lipinski definition) is 1. The summed E-state index contributed by atoms with van der Waals surface area (Å²) in [5.41, 5.74) is 0.745. The summed E-state index contributed by atoms with van der Waals surface area (Å²) >= 11 is 0. The lowest BCUT2D eigenvalue weighted by molar-refractivity contribution is -0.137. The maximum absolute atomic E-state index is 12.5. The Hall–Kier alpha value is -1.98. The summed E-state index contributed by atoms with van der Waals surface area (Å²) < 4.78 is 39.4. The molecule has 0 saturated heterocycles. The molecular weight excluding hydrogens is 255 g/mol. The summed E-state index contributed by atoms with van der Waals surface area (Å²) in [6, 6.07) is 5.29. The van der Waals surface area contributed by atoms with E-state index in [0.717, 1.165) is 24.4 Å². The number of rotatable bonds is 4. The Kier molecular flexibility index (Phi) is 3.78. The van der Waals surface area contributed by atoms with E-state index >= 15 is 0 Å². The molecule has 0 bridgehead atoms. The average Bonchev–Trinajstić information content (AvgIpc) is 2.84. The Bertz CT molecular complexity index is 546. The van der Waals surface area contributed by atoms with Crippen molar-refractivity contribution < 1.29 is 13.2 Å². The summed E-state index contributed by atoms with van der Waals surface area (Å²) in [4.78, 5) is 0. The van der Waals surface area contributed by atoms with E-state index < -0.39 is 11.7 Å². The largest absolute Gasteiger partial charge is 0.416 e. The molecule has 19 heavy (non-hydrogen) atoms. The minimum absolute atomic E-state index is 0.333. The van der Waals surface area contributed by atoms with Crippen LogP contribution >= 0.6 is 0 Å². The van der Waals surface area contributed by atoms with Crippen molar-refractivity contribution >= 4 is 5.69 Å². The lowest BCUT2D eigenvalue weighted by Crippen LogP contribution is -2.06. The lowest BCUT2D eigenvalue weighted by atomic mass is 10.1. The van der Waals surface area contributed by atoms with Crippen LogP contribution in [0.4, 0.5) is 18.9 Å². The predicted molar refractivity (Wildman–Crippen MR) is 66.7 cm³/mol. The molecule has 2 rings (SSSR count). The highest BCUT2D eigenvalue weighted by Crippen LogP contribution is 2.29. The van der Waals surface area contributed by atoms with Gasteiger partial charge in [0.15, 0.2) is 0 Å². The normalized spacial score (nSPS) is 11.6. The first-order valence-electron chi connectivity index (χ1n) is 5.91. The minimum atomic E-state index is -4.30. The smallest absolute Gasteiger partial charge is 0.378 e. The Morgan fingerprint density at radius 3 is 2.74 bits per heavy atom. The van der Waals surface area contributed by atoms with E-state index in [0.29, 0.717) is 12.1 Å². The van der Waals surface area contributed by atoms with Crippen molar-refractivity contribution in [2.24, 2.45) is 0 Å². The fourth-order valence-corrected chi connectivity index (χ4v) is 1.69. The zero-order chi connectivity index (χ0) is 13.9. The Labute approximate surface area is 109 Å². The first kappa shape index (κ1) is 13.5. The molecule has 0 fully saturated rings. The molecule has 0 aliphatic carbocycles. The molecule has 0 amide bonds. The standard InChI is InChI=1S/C13H14F3N3/c1-2-19-9-12(8-18-19)17-7-10-4-3-5-11(6-10)13(14,15)16/h3-6,8-9,17H,2,7H2,1H3. The van der Waals surface area contributed by atoms with Crippen LogP contribution in [0.5, 0.6) is 0 Å². The summed E-state index contributed by atoms with van der Waals surface area (Å²) in [5, 5.41) is 7.12. The third-order valence-electron chi connectivity index (χ3n) is 2.71. The SMILES string of the molecule is CCn1cc(NCc2cccc(C(F)(F)F)c2)cn1.